The van der Waals surface area contributed by atoms with Gasteiger partial charge in [-0.25, -0.2) is 4.98 Å². The largest absolute Gasteiger partial charge is 0.353 e. The van der Waals surface area contributed by atoms with Crippen molar-refractivity contribution in [3.05, 3.63) is 21.6 Å². The van der Waals surface area contributed by atoms with Crippen molar-refractivity contribution < 1.29 is 9.59 Å². The average molecular weight is 333 g/mol. The summed E-state index contributed by atoms with van der Waals surface area (Å²) in [5.41, 5.74) is 1.32. The fourth-order valence-corrected chi connectivity index (χ4v) is 3.23. The zero-order valence-corrected chi connectivity index (χ0v) is 14.1. The molecule has 0 aliphatic carbocycles. The smallest absolute Gasteiger partial charge is 0.255 e. The molecule has 3 heterocycles. The summed E-state index contributed by atoms with van der Waals surface area (Å²) in [6.07, 6.45) is 2.62. The van der Waals surface area contributed by atoms with Gasteiger partial charge in [-0.1, -0.05) is 0 Å². The maximum absolute atomic E-state index is 12.5. The molecule has 24 heavy (non-hydrogen) atoms. The molecule has 1 fully saturated rings. The Balaban J connectivity index is 1.69. The highest BCUT2D eigenvalue weighted by Gasteiger charge is 2.27. The van der Waals surface area contributed by atoms with Crippen LogP contribution in [0.25, 0.3) is 0 Å². The van der Waals surface area contributed by atoms with Crippen molar-refractivity contribution in [2.75, 3.05) is 32.1 Å². The number of anilines is 1. The van der Waals surface area contributed by atoms with Gasteiger partial charge in [0.2, 0.25) is 17.8 Å². The van der Waals surface area contributed by atoms with Crippen molar-refractivity contribution in [3.8, 4) is 0 Å². The number of carbonyl (C=O) groups excluding carboxylic acids is 2. The number of fused-ring (bicyclic) bond motifs is 1. The van der Waals surface area contributed by atoms with Crippen LogP contribution in [0.2, 0.25) is 0 Å². The minimum Gasteiger partial charge on any atom is -0.353 e. The van der Waals surface area contributed by atoms with E-state index in [1.807, 2.05) is 14.1 Å². The Bertz CT molecular complexity index is 712. The SMILES string of the molecule is CN(C)c1nc2c(c(=O)[nH]1)CCN(C(=O)CC1CCC(=O)N1)CC2. The second kappa shape index (κ2) is 6.62. The lowest BCUT2D eigenvalue weighted by Crippen LogP contribution is -2.38. The first-order valence-corrected chi connectivity index (χ1v) is 8.30. The molecule has 2 aliphatic rings. The van der Waals surface area contributed by atoms with Gasteiger partial charge in [0.25, 0.3) is 5.56 Å². The summed E-state index contributed by atoms with van der Waals surface area (Å²) < 4.78 is 0. The molecule has 1 atom stereocenters. The Morgan fingerprint density at radius 3 is 2.67 bits per heavy atom. The van der Waals surface area contributed by atoms with E-state index in [2.05, 4.69) is 15.3 Å². The van der Waals surface area contributed by atoms with Crippen LogP contribution in [0.1, 0.15) is 30.5 Å². The number of nitrogens with zero attached hydrogens (tertiary/aromatic N) is 3. The summed E-state index contributed by atoms with van der Waals surface area (Å²) in [5, 5.41) is 2.83. The van der Waals surface area contributed by atoms with Crippen LogP contribution in [0, 0.1) is 0 Å². The van der Waals surface area contributed by atoms with Gasteiger partial charge in [-0.15, -0.1) is 0 Å². The first-order valence-electron chi connectivity index (χ1n) is 8.30. The molecule has 8 nitrogen and oxygen atoms in total. The summed E-state index contributed by atoms with van der Waals surface area (Å²) in [6.45, 7) is 1.06. The molecule has 1 aromatic heterocycles. The summed E-state index contributed by atoms with van der Waals surface area (Å²) in [5.74, 6) is 0.578. The van der Waals surface area contributed by atoms with Crippen LogP contribution in [-0.4, -0.2) is 59.9 Å². The highest BCUT2D eigenvalue weighted by molar-refractivity contribution is 5.82. The summed E-state index contributed by atoms with van der Waals surface area (Å²) in [4.78, 5) is 46.8. The molecule has 0 saturated carbocycles. The molecule has 2 N–H and O–H groups in total. The first kappa shape index (κ1) is 16.5. The van der Waals surface area contributed by atoms with E-state index in [0.29, 0.717) is 56.7 Å². The third kappa shape index (κ3) is 3.42. The van der Waals surface area contributed by atoms with Crippen LogP contribution < -0.4 is 15.8 Å². The zero-order valence-electron chi connectivity index (χ0n) is 14.1. The Hall–Kier alpha value is -2.38. The number of amides is 2. The third-order valence-electron chi connectivity index (χ3n) is 4.62. The Morgan fingerprint density at radius 1 is 1.25 bits per heavy atom. The number of rotatable bonds is 3. The molecule has 0 aromatic carbocycles. The van der Waals surface area contributed by atoms with Gasteiger partial charge in [0.1, 0.15) is 0 Å². The standard InChI is InChI=1S/C16H23N5O3/c1-20(2)16-18-12-6-8-21(7-5-11(12)15(24)19-16)14(23)9-10-3-4-13(22)17-10/h10H,3-9H2,1-2H3,(H,17,22)(H,18,19,24). The molecule has 1 unspecified atom stereocenters. The molecular formula is C16H23N5O3. The molecule has 0 spiro atoms. The molecular weight excluding hydrogens is 310 g/mol. The molecule has 3 rings (SSSR count). The number of aromatic amines is 1. The maximum atomic E-state index is 12.5. The number of nitrogens with one attached hydrogen (secondary N) is 2. The maximum Gasteiger partial charge on any atom is 0.255 e. The molecule has 1 saturated heterocycles. The summed E-state index contributed by atoms with van der Waals surface area (Å²) in [7, 11) is 3.65. The minimum atomic E-state index is -0.124. The van der Waals surface area contributed by atoms with E-state index < -0.39 is 0 Å². The predicted molar refractivity (Wildman–Crippen MR) is 89.0 cm³/mol. The van der Waals surface area contributed by atoms with E-state index in [1.54, 1.807) is 9.80 Å². The lowest BCUT2D eigenvalue weighted by molar-refractivity contribution is -0.131. The fourth-order valence-electron chi connectivity index (χ4n) is 3.23. The van der Waals surface area contributed by atoms with E-state index in [-0.39, 0.29) is 23.4 Å². The molecule has 8 heteroatoms. The quantitative estimate of drug-likeness (QED) is 0.772. The topological polar surface area (TPSA) is 98.4 Å². The van der Waals surface area contributed by atoms with Crippen LogP contribution >= 0.6 is 0 Å². The van der Waals surface area contributed by atoms with E-state index in [1.165, 1.54) is 0 Å². The van der Waals surface area contributed by atoms with Crippen LogP contribution in [0.4, 0.5) is 5.95 Å². The predicted octanol–water partition coefficient (Wildman–Crippen LogP) is -0.568. The summed E-state index contributed by atoms with van der Waals surface area (Å²) >= 11 is 0. The van der Waals surface area contributed by atoms with Crippen LogP contribution in [0.5, 0.6) is 0 Å². The molecule has 0 radical (unpaired) electrons. The van der Waals surface area contributed by atoms with Crippen molar-refractivity contribution in [2.24, 2.45) is 0 Å². The lowest BCUT2D eigenvalue weighted by Gasteiger charge is -2.22. The van der Waals surface area contributed by atoms with Gasteiger partial charge >= 0.3 is 0 Å². The van der Waals surface area contributed by atoms with E-state index in [4.69, 9.17) is 0 Å². The van der Waals surface area contributed by atoms with Gasteiger partial charge < -0.3 is 15.1 Å². The van der Waals surface area contributed by atoms with Gasteiger partial charge in [0.15, 0.2) is 0 Å². The van der Waals surface area contributed by atoms with Crippen LogP contribution in [0.15, 0.2) is 4.79 Å². The van der Waals surface area contributed by atoms with E-state index in [9.17, 15) is 14.4 Å². The van der Waals surface area contributed by atoms with Gasteiger partial charge in [-0.3, -0.25) is 19.4 Å². The Kier molecular flexibility index (Phi) is 4.55. The number of H-pyrrole nitrogens is 1. The van der Waals surface area contributed by atoms with E-state index >= 15 is 0 Å². The van der Waals surface area contributed by atoms with Gasteiger partial charge in [0.05, 0.1) is 5.69 Å². The minimum absolute atomic E-state index is 0.0167. The lowest BCUT2D eigenvalue weighted by atomic mass is 10.1. The number of hydrogen-bond acceptors (Lipinski definition) is 5. The van der Waals surface area contributed by atoms with Gasteiger partial charge in [-0.2, -0.15) is 0 Å². The monoisotopic (exact) mass is 333 g/mol. The number of hydrogen-bond donors (Lipinski definition) is 2. The zero-order chi connectivity index (χ0) is 17.3. The third-order valence-corrected chi connectivity index (χ3v) is 4.62. The van der Waals surface area contributed by atoms with Crippen molar-refractivity contribution in [1.82, 2.24) is 20.2 Å². The highest BCUT2D eigenvalue weighted by atomic mass is 16.2. The highest BCUT2D eigenvalue weighted by Crippen LogP contribution is 2.16. The Labute approximate surface area is 140 Å². The molecule has 1 aromatic rings. The molecule has 130 valence electrons. The Morgan fingerprint density at radius 2 is 2.00 bits per heavy atom. The second-order valence-electron chi connectivity index (χ2n) is 6.60. The normalized spacial score (nSPS) is 20.3. The van der Waals surface area contributed by atoms with Crippen LogP contribution in [0.3, 0.4) is 0 Å². The van der Waals surface area contributed by atoms with Gasteiger partial charge in [0, 0.05) is 58.1 Å². The van der Waals surface area contributed by atoms with Gasteiger partial charge in [-0.05, 0) is 12.8 Å². The van der Waals surface area contributed by atoms with Crippen molar-refractivity contribution in [3.63, 3.8) is 0 Å². The number of aromatic nitrogens is 2. The molecule has 2 aliphatic heterocycles. The fraction of sp³-hybridized carbons (Fsp3) is 0.625. The van der Waals surface area contributed by atoms with Crippen molar-refractivity contribution in [2.45, 2.75) is 38.1 Å². The van der Waals surface area contributed by atoms with E-state index in [0.717, 1.165) is 5.69 Å². The summed E-state index contributed by atoms with van der Waals surface area (Å²) in [6, 6.07) is -0.0579. The second-order valence-corrected chi connectivity index (χ2v) is 6.60. The molecule has 0 bridgehead atoms. The van der Waals surface area contributed by atoms with Crippen LogP contribution in [-0.2, 0) is 22.4 Å². The molecule has 2 amide bonds. The first-order chi connectivity index (χ1) is 11.4. The number of carbonyl (C=O) groups is 2. The van der Waals surface area contributed by atoms with Crippen molar-refractivity contribution in [1.29, 1.82) is 0 Å². The van der Waals surface area contributed by atoms with Crippen molar-refractivity contribution >= 4 is 17.8 Å². The average Bonchev–Trinajstić information content (AvgIpc) is 2.81.